The minimum absolute atomic E-state index is 0.0974. The first-order valence-corrected chi connectivity index (χ1v) is 10.3. The lowest BCUT2D eigenvalue weighted by Crippen LogP contribution is -2.31. The molecule has 0 bridgehead atoms. The average Bonchev–Trinajstić information content (AvgIpc) is 2.69. The predicted molar refractivity (Wildman–Crippen MR) is 117 cm³/mol. The maximum atomic E-state index is 13.0. The van der Waals surface area contributed by atoms with E-state index in [0.717, 1.165) is 24.7 Å². The minimum atomic E-state index is -4.52. The molecule has 156 valence electrons. The third-order valence-electron chi connectivity index (χ3n) is 4.99. The third-order valence-corrected chi connectivity index (χ3v) is 5.54. The molecule has 0 amide bonds. The van der Waals surface area contributed by atoms with Gasteiger partial charge in [0.2, 0.25) is 0 Å². The summed E-state index contributed by atoms with van der Waals surface area (Å²) >= 11 is 10.9. The normalized spacial score (nSPS) is 15.7. The van der Waals surface area contributed by atoms with Gasteiger partial charge >= 0.3 is 6.18 Å². The number of anilines is 2. The number of halogens is 4. The zero-order valence-electron chi connectivity index (χ0n) is 16.0. The summed E-state index contributed by atoms with van der Waals surface area (Å²) in [5.41, 5.74) is 1.59. The highest BCUT2D eigenvalue weighted by Gasteiger charge is 2.33. The van der Waals surface area contributed by atoms with Crippen molar-refractivity contribution in [3.63, 3.8) is 0 Å². The van der Waals surface area contributed by atoms with Crippen molar-refractivity contribution in [2.24, 2.45) is 0 Å². The van der Waals surface area contributed by atoms with Crippen molar-refractivity contribution in [2.45, 2.75) is 38.4 Å². The molecule has 1 saturated heterocycles. The van der Waals surface area contributed by atoms with Crippen LogP contribution >= 0.6 is 23.8 Å². The van der Waals surface area contributed by atoms with E-state index in [9.17, 15) is 13.2 Å². The topological polar surface area (TPSA) is 27.3 Å². The van der Waals surface area contributed by atoms with Crippen molar-refractivity contribution in [1.29, 1.82) is 0 Å². The zero-order valence-corrected chi connectivity index (χ0v) is 17.6. The fraction of sp³-hybridized carbons (Fsp3) is 0.381. The van der Waals surface area contributed by atoms with E-state index in [1.54, 1.807) is 0 Å². The molecule has 2 N–H and O–H groups in total. The van der Waals surface area contributed by atoms with Gasteiger partial charge < -0.3 is 15.5 Å². The molecule has 1 heterocycles. The van der Waals surface area contributed by atoms with Gasteiger partial charge in [-0.15, -0.1) is 0 Å². The fourth-order valence-corrected chi connectivity index (χ4v) is 3.91. The molecule has 1 aliphatic rings. The second kappa shape index (κ2) is 9.22. The largest absolute Gasteiger partial charge is 0.417 e. The van der Waals surface area contributed by atoms with Gasteiger partial charge in [0, 0.05) is 24.5 Å². The lowest BCUT2D eigenvalue weighted by Gasteiger charge is -2.29. The van der Waals surface area contributed by atoms with Crippen LogP contribution < -0.4 is 15.5 Å². The molecule has 0 aromatic heterocycles. The van der Waals surface area contributed by atoms with Crippen molar-refractivity contribution >= 4 is 40.3 Å². The molecule has 29 heavy (non-hydrogen) atoms. The first-order chi connectivity index (χ1) is 13.7. The molecule has 0 saturated carbocycles. The van der Waals surface area contributed by atoms with Gasteiger partial charge in [-0.05, 0) is 74.3 Å². The van der Waals surface area contributed by atoms with Crippen LogP contribution in [0.3, 0.4) is 0 Å². The average molecular weight is 442 g/mol. The van der Waals surface area contributed by atoms with Gasteiger partial charge in [-0.1, -0.05) is 23.7 Å². The lowest BCUT2D eigenvalue weighted by atomic mass is 10.1. The summed E-state index contributed by atoms with van der Waals surface area (Å²) in [4.78, 5) is 2.39. The molecule has 0 aliphatic carbocycles. The number of benzene rings is 2. The smallest absolute Gasteiger partial charge is 0.372 e. The highest BCUT2D eigenvalue weighted by Crippen LogP contribution is 2.36. The van der Waals surface area contributed by atoms with Gasteiger partial charge in [0.05, 0.1) is 16.6 Å². The molecule has 2 aromatic rings. The van der Waals surface area contributed by atoms with E-state index in [1.165, 1.54) is 37.1 Å². The Bertz CT molecular complexity index is 849. The second-order valence-corrected chi connectivity index (χ2v) is 7.97. The van der Waals surface area contributed by atoms with Crippen molar-refractivity contribution in [3.05, 3.63) is 58.6 Å². The third kappa shape index (κ3) is 5.76. The molecule has 1 aliphatic heterocycles. The van der Waals surface area contributed by atoms with E-state index in [1.807, 2.05) is 19.1 Å². The SMILES string of the molecule is C[C@@H](NC(=S)Nc1ccc(Cl)c(C(F)(F)F)c1)c1ccc(N2CCCCC2)cc1. The van der Waals surface area contributed by atoms with E-state index in [-0.39, 0.29) is 21.9 Å². The zero-order chi connectivity index (χ0) is 21.0. The number of nitrogens with one attached hydrogen (secondary N) is 2. The maximum absolute atomic E-state index is 13.0. The van der Waals surface area contributed by atoms with Crippen molar-refractivity contribution in [2.75, 3.05) is 23.3 Å². The second-order valence-electron chi connectivity index (χ2n) is 7.15. The molecule has 0 radical (unpaired) electrons. The van der Waals surface area contributed by atoms with E-state index < -0.39 is 11.7 Å². The number of hydrogen-bond donors (Lipinski definition) is 2. The molecular weight excluding hydrogens is 419 g/mol. The van der Waals surface area contributed by atoms with E-state index >= 15 is 0 Å². The quantitative estimate of drug-likeness (QED) is 0.537. The molecular formula is C21H23ClF3N3S. The van der Waals surface area contributed by atoms with Gasteiger partial charge in [0.1, 0.15) is 0 Å². The Hall–Kier alpha value is -1.99. The summed E-state index contributed by atoms with van der Waals surface area (Å²) in [7, 11) is 0. The Kier molecular flexibility index (Phi) is 6.90. The molecule has 8 heteroatoms. The monoisotopic (exact) mass is 441 g/mol. The van der Waals surface area contributed by atoms with E-state index in [4.69, 9.17) is 23.8 Å². The Morgan fingerprint density at radius 3 is 2.34 bits per heavy atom. The molecule has 3 nitrogen and oxygen atoms in total. The number of hydrogen-bond acceptors (Lipinski definition) is 2. The Balaban J connectivity index is 1.60. The van der Waals surface area contributed by atoms with Crippen LogP contribution in [-0.4, -0.2) is 18.2 Å². The van der Waals surface area contributed by atoms with Crippen LogP contribution in [0.4, 0.5) is 24.5 Å². The van der Waals surface area contributed by atoms with Crippen LogP contribution in [0.15, 0.2) is 42.5 Å². The maximum Gasteiger partial charge on any atom is 0.417 e. The van der Waals surface area contributed by atoms with Crippen molar-refractivity contribution < 1.29 is 13.2 Å². The van der Waals surface area contributed by atoms with Gasteiger partial charge in [0.25, 0.3) is 0 Å². The van der Waals surface area contributed by atoms with Crippen LogP contribution in [-0.2, 0) is 6.18 Å². The fourth-order valence-electron chi connectivity index (χ4n) is 3.39. The molecule has 3 rings (SSSR count). The Labute approximate surface area is 179 Å². The molecule has 1 fully saturated rings. The van der Waals surface area contributed by atoms with Gasteiger partial charge in [-0.2, -0.15) is 13.2 Å². The summed E-state index contributed by atoms with van der Waals surface area (Å²) < 4.78 is 39.0. The number of piperidine rings is 1. The standard InChI is InChI=1S/C21H23ClF3N3S/c1-14(15-5-8-17(9-6-15)28-11-3-2-4-12-28)26-20(29)27-16-7-10-19(22)18(13-16)21(23,24)25/h5-10,13-14H,2-4,11-12H2,1H3,(H2,26,27,29)/t14-/m1/s1. The molecule has 0 spiro atoms. The van der Waals surface area contributed by atoms with Crippen LogP contribution in [0.1, 0.15) is 43.4 Å². The number of rotatable bonds is 4. The van der Waals surface area contributed by atoms with Crippen molar-refractivity contribution in [3.8, 4) is 0 Å². The highest BCUT2D eigenvalue weighted by molar-refractivity contribution is 7.80. The van der Waals surface area contributed by atoms with Crippen LogP contribution in [0.25, 0.3) is 0 Å². The van der Waals surface area contributed by atoms with E-state index in [0.29, 0.717) is 0 Å². The summed E-state index contributed by atoms with van der Waals surface area (Å²) in [6.45, 7) is 4.12. The molecule has 2 aromatic carbocycles. The summed E-state index contributed by atoms with van der Waals surface area (Å²) in [5, 5.41) is 5.81. The first-order valence-electron chi connectivity index (χ1n) is 9.53. The van der Waals surface area contributed by atoms with E-state index in [2.05, 4.69) is 27.7 Å². The minimum Gasteiger partial charge on any atom is -0.372 e. The van der Waals surface area contributed by atoms with Crippen LogP contribution in [0, 0.1) is 0 Å². The predicted octanol–water partition coefficient (Wildman–Crippen LogP) is 6.40. The molecule has 0 unspecified atom stereocenters. The number of thiocarbonyl (C=S) groups is 1. The van der Waals surface area contributed by atoms with Gasteiger partial charge in [-0.3, -0.25) is 0 Å². The Morgan fingerprint density at radius 1 is 1.07 bits per heavy atom. The lowest BCUT2D eigenvalue weighted by molar-refractivity contribution is -0.137. The summed E-state index contributed by atoms with van der Waals surface area (Å²) in [6, 6.07) is 11.8. The summed E-state index contributed by atoms with van der Waals surface area (Å²) in [5.74, 6) is 0. The van der Waals surface area contributed by atoms with Crippen LogP contribution in [0.5, 0.6) is 0 Å². The number of nitrogens with zero attached hydrogens (tertiary/aromatic N) is 1. The van der Waals surface area contributed by atoms with Gasteiger partial charge in [0.15, 0.2) is 5.11 Å². The van der Waals surface area contributed by atoms with Crippen LogP contribution in [0.2, 0.25) is 5.02 Å². The Morgan fingerprint density at radius 2 is 1.72 bits per heavy atom. The highest BCUT2D eigenvalue weighted by atomic mass is 35.5. The molecule has 1 atom stereocenters. The number of alkyl halides is 3. The van der Waals surface area contributed by atoms with Crippen molar-refractivity contribution in [1.82, 2.24) is 5.32 Å². The summed E-state index contributed by atoms with van der Waals surface area (Å²) in [6.07, 6.45) is -0.786. The first kappa shape index (κ1) is 21.7. The van der Waals surface area contributed by atoms with Gasteiger partial charge in [-0.25, -0.2) is 0 Å².